The van der Waals surface area contributed by atoms with E-state index in [0.717, 1.165) is 26.2 Å². The van der Waals surface area contributed by atoms with E-state index in [9.17, 15) is 9.59 Å². The zero-order valence-electron chi connectivity index (χ0n) is 16.0. The van der Waals surface area contributed by atoms with Crippen LogP contribution in [0.15, 0.2) is 54.6 Å². The highest BCUT2D eigenvalue weighted by molar-refractivity contribution is 6.33. The van der Waals surface area contributed by atoms with Gasteiger partial charge in [0.1, 0.15) is 0 Å². The Bertz CT molecular complexity index is 807. The Morgan fingerprint density at radius 1 is 1.00 bits per heavy atom. The number of hydrogen-bond donors (Lipinski definition) is 1. The number of carbonyl (C=O) groups excluding carboxylic acids is 2. The first-order valence-corrected chi connectivity index (χ1v) is 9.71. The molecule has 1 fully saturated rings. The van der Waals surface area contributed by atoms with Crippen LogP contribution in [0.1, 0.15) is 0 Å². The van der Waals surface area contributed by atoms with Gasteiger partial charge in [-0.15, -0.1) is 0 Å². The van der Waals surface area contributed by atoms with Crippen molar-refractivity contribution in [1.82, 2.24) is 9.80 Å². The van der Waals surface area contributed by atoms with Crippen molar-refractivity contribution in [2.75, 3.05) is 56.5 Å². The first-order chi connectivity index (χ1) is 13.5. The Morgan fingerprint density at radius 3 is 2.32 bits per heavy atom. The molecule has 2 aromatic rings. The minimum Gasteiger partial charge on any atom is -0.369 e. The van der Waals surface area contributed by atoms with Crippen molar-refractivity contribution < 1.29 is 9.59 Å². The van der Waals surface area contributed by atoms with Gasteiger partial charge < -0.3 is 15.1 Å². The molecule has 0 atom stereocenters. The molecule has 0 aromatic heterocycles. The molecular formula is C21H25ClN4O2. The van der Waals surface area contributed by atoms with Crippen molar-refractivity contribution >= 4 is 34.8 Å². The maximum atomic E-state index is 12.5. The SMILES string of the molecule is CN(CC(=O)Nc1ccccc1Cl)C(=O)CN1CCN(c2ccccc2)CC1. The zero-order chi connectivity index (χ0) is 19.9. The maximum Gasteiger partial charge on any atom is 0.244 e. The summed E-state index contributed by atoms with van der Waals surface area (Å²) < 4.78 is 0. The summed E-state index contributed by atoms with van der Waals surface area (Å²) in [6, 6.07) is 17.3. The molecule has 6 nitrogen and oxygen atoms in total. The molecule has 148 valence electrons. The van der Waals surface area contributed by atoms with Crippen molar-refractivity contribution in [3.63, 3.8) is 0 Å². The fraction of sp³-hybridized carbons (Fsp3) is 0.333. The molecular weight excluding hydrogens is 376 g/mol. The Balaban J connectivity index is 1.43. The predicted molar refractivity (Wildman–Crippen MR) is 113 cm³/mol. The number of amides is 2. The lowest BCUT2D eigenvalue weighted by molar-refractivity contribution is -0.134. The minimum atomic E-state index is -0.266. The number of nitrogens with zero attached hydrogens (tertiary/aromatic N) is 3. The summed E-state index contributed by atoms with van der Waals surface area (Å²) >= 11 is 6.05. The lowest BCUT2D eigenvalue weighted by atomic mass is 10.2. The third-order valence-corrected chi connectivity index (χ3v) is 5.14. The lowest BCUT2D eigenvalue weighted by Crippen LogP contribution is -2.50. The smallest absolute Gasteiger partial charge is 0.244 e. The van der Waals surface area contributed by atoms with Crippen molar-refractivity contribution in [3.8, 4) is 0 Å². The summed E-state index contributed by atoms with van der Waals surface area (Å²) in [5, 5.41) is 3.21. The van der Waals surface area contributed by atoms with Gasteiger partial charge in [-0.3, -0.25) is 14.5 Å². The highest BCUT2D eigenvalue weighted by Gasteiger charge is 2.21. The summed E-state index contributed by atoms with van der Waals surface area (Å²) in [6.45, 7) is 3.72. The van der Waals surface area contributed by atoms with Crippen LogP contribution in [0.3, 0.4) is 0 Å². The van der Waals surface area contributed by atoms with Crippen LogP contribution in [0, 0.1) is 0 Å². The number of likely N-dealkylation sites (N-methyl/N-ethyl adjacent to an activating group) is 1. The monoisotopic (exact) mass is 400 g/mol. The van der Waals surface area contributed by atoms with Crippen molar-refractivity contribution in [2.24, 2.45) is 0 Å². The normalized spacial score (nSPS) is 14.6. The van der Waals surface area contributed by atoms with E-state index in [2.05, 4.69) is 27.2 Å². The van der Waals surface area contributed by atoms with Gasteiger partial charge in [0.15, 0.2) is 0 Å². The molecule has 2 aromatic carbocycles. The molecule has 1 saturated heterocycles. The van der Waals surface area contributed by atoms with Gasteiger partial charge in [-0.2, -0.15) is 0 Å². The standard InChI is InChI=1S/C21H25ClN4O2/c1-24(15-20(27)23-19-10-6-5-9-18(19)22)21(28)16-25-11-13-26(14-12-25)17-7-3-2-4-8-17/h2-10H,11-16H2,1H3,(H,23,27). The second-order valence-corrected chi connectivity index (χ2v) is 7.28. The number of piperazine rings is 1. The second kappa shape index (κ2) is 9.57. The summed E-state index contributed by atoms with van der Waals surface area (Å²) in [7, 11) is 1.65. The molecule has 2 amide bonds. The minimum absolute atomic E-state index is 0.00592. The Morgan fingerprint density at radius 2 is 1.64 bits per heavy atom. The third-order valence-electron chi connectivity index (χ3n) is 4.81. The largest absolute Gasteiger partial charge is 0.369 e. The van der Waals surface area contributed by atoms with Crippen LogP contribution in [-0.2, 0) is 9.59 Å². The number of halogens is 1. The predicted octanol–water partition coefficient (Wildman–Crippen LogP) is 2.56. The lowest BCUT2D eigenvalue weighted by Gasteiger charge is -2.36. The first-order valence-electron chi connectivity index (χ1n) is 9.33. The van der Waals surface area contributed by atoms with E-state index in [-0.39, 0.29) is 18.4 Å². The number of anilines is 2. The van der Waals surface area contributed by atoms with Gasteiger partial charge in [0, 0.05) is 38.9 Å². The van der Waals surface area contributed by atoms with E-state index < -0.39 is 0 Å². The van der Waals surface area contributed by atoms with Gasteiger partial charge in [-0.1, -0.05) is 41.9 Å². The van der Waals surface area contributed by atoms with E-state index in [1.807, 2.05) is 18.2 Å². The summed E-state index contributed by atoms with van der Waals surface area (Å²) in [4.78, 5) is 30.6. The number of rotatable bonds is 6. The van der Waals surface area contributed by atoms with E-state index in [1.54, 1.807) is 31.3 Å². The molecule has 0 bridgehead atoms. The molecule has 1 aliphatic rings. The number of para-hydroxylation sites is 2. The molecule has 0 unspecified atom stereocenters. The third kappa shape index (κ3) is 5.47. The molecule has 0 spiro atoms. The Kier molecular flexibility index (Phi) is 6.90. The number of nitrogens with one attached hydrogen (secondary N) is 1. The Hall–Kier alpha value is -2.57. The van der Waals surface area contributed by atoms with Gasteiger partial charge in [-0.25, -0.2) is 0 Å². The van der Waals surface area contributed by atoms with E-state index in [0.29, 0.717) is 17.3 Å². The van der Waals surface area contributed by atoms with Gasteiger partial charge in [0.2, 0.25) is 11.8 Å². The quantitative estimate of drug-likeness (QED) is 0.809. The van der Waals surface area contributed by atoms with E-state index >= 15 is 0 Å². The van der Waals surface area contributed by atoms with Gasteiger partial charge in [-0.05, 0) is 24.3 Å². The number of hydrogen-bond acceptors (Lipinski definition) is 4. The molecule has 0 saturated carbocycles. The van der Waals surface area contributed by atoms with Crippen LogP contribution in [0.5, 0.6) is 0 Å². The van der Waals surface area contributed by atoms with Crippen LogP contribution in [-0.4, -0.2) is 67.9 Å². The molecule has 1 N–H and O–H groups in total. The Labute approximate surface area is 170 Å². The number of benzene rings is 2. The highest BCUT2D eigenvalue weighted by atomic mass is 35.5. The average Bonchev–Trinajstić information content (AvgIpc) is 2.71. The van der Waals surface area contributed by atoms with E-state index in [1.165, 1.54) is 10.6 Å². The fourth-order valence-corrected chi connectivity index (χ4v) is 3.35. The summed E-state index contributed by atoms with van der Waals surface area (Å²) in [5.74, 6) is -0.333. The van der Waals surface area contributed by atoms with Gasteiger partial charge >= 0.3 is 0 Å². The van der Waals surface area contributed by atoms with Crippen molar-refractivity contribution in [2.45, 2.75) is 0 Å². The van der Waals surface area contributed by atoms with Crippen LogP contribution in [0.2, 0.25) is 5.02 Å². The highest BCUT2D eigenvalue weighted by Crippen LogP contribution is 2.20. The van der Waals surface area contributed by atoms with Crippen LogP contribution < -0.4 is 10.2 Å². The van der Waals surface area contributed by atoms with Gasteiger partial charge in [0.05, 0.1) is 23.8 Å². The molecule has 3 rings (SSSR count). The molecule has 1 aliphatic heterocycles. The summed E-state index contributed by atoms with van der Waals surface area (Å²) in [6.07, 6.45) is 0. The summed E-state index contributed by atoms with van der Waals surface area (Å²) in [5.41, 5.74) is 1.76. The average molecular weight is 401 g/mol. The topological polar surface area (TPSA) is 55.9 Å². The fourth-order valence-electron chi connectivity index (χ4n) is 3.17. The van der Waals surface area contributed by atoms with Crippen LogP contribution >= 0.6 is 11.6 Å². The zero-order valence-corrected chi connectivity index (χ0v) is 16.7. The van der Waals surface area contributed by atoms with Gasteiger partial charge in [0.25, 0.3) is 0 Å². The van der Waals surface area contributed by atoms with Crippen molar-refractivity contribution in [3.05, 3.63) is 59.6 Å². The first kappa shape index (κ1) is 20.2. The van der Waals surface area contributed by atoms with E-state index in [4.69, 9.17) is 11.6 Å². The second-order valence-electron chi connectivity index (χ2n) is 6.88. The molecule has 0 radical (unpaired) electrons. The van der Waals surface area contributed by atoms with Crippen LogP contribution in [0.4, 0.5) is 11.4 Å². The number of carbonyl (C=O) groups is 2. The molecule has 0 aliphatic carbocycles. The molecule has 7 heteroatoms. The molecule has 1 heterocycles. The van der Waals surface area contributed by atoms with Crippen molar-refractivity contribution in [1.29, 1.82) is 0 Å². The maximum absolute atomic E-state index is 12.5. The molecule has 28 heavy (non-hydrogen) atoms. The van der Waals surface area contributed by atoms with Crippen LogP contribution in [0.25, 0.3) is 0 Å².